The summed E-state index contributed by atoms with van der Waals surface area (Å²) in [6, 6.07) is 12.1. The van der Waals surface area contributed by atoms with Crippen LogP contribution in [0.15, 0.2) is 41.8 Å². The van der Waals surface area contributed by atoms with Crippen molar-refractivity contribution in [2.75, 3.05) is 0 Å². The van der Waals surface area contributed by atoms with Crippen molar-refractivity contribution in [3.8, 4) is 6.07 Å². The lowest BCUT2D eigenvalue weighted by Gasteiger charge is -1.99. The van der Waals surface area contributed by atoms with Gasteiger partial charge in [0.05, 0.1) is 11.6 Å². The summed E-state index contributed by atoms with van der Waals surface area (Å²) in [7, 11) is 0. The van der Waals surface area contributed by atoms with Crippen LogP contribution in [0.1, 0.15) is 10.4 Å². The molecule has 0 unspecified atom stereocenters. The van der Waals surface area contributed by atoms with Crippen molar-refractivity contribution in [2.24, 2.45) is 0 Å². The van der Waals surface area contributed by atoms with Crippen molar-refractivity contribution >= 4 is 23.0 Å². The zero-order valence-corrected chi connectivity index (χ0v) is 9.17. The van der Waals surface area contributed by atoms with E-state index >= 15 is 0 Å². The highest BCUT2D eigenvalue weighted by Gasteiger charge is 2.06. The Morgan fingerprint density at radius 3 is 2.69 bits per heavy atom. The van der Waals surface area contributed by atoms with Gasteiger partial charge in [-0.25, -0.2) is 4.39 Å². The van der Waals surface area contributed by atoms with Crippen LogP contribution in [0.5, 0.6) is 0 Å². The molecule has 78 valence electrons. The average Bonchev–Trinajstić information content (AvgIpc) is 2.80. The molecule has 1 heterocycles. The van der Waals surface area contributed by atoms with Crippen LogP contribution in [0.4, 0.5) is 4.39 Å². The van der Waals surface area contributed by atoms with E-state index in [-0.39, 0.29) is 5.82 Å². The van der Waals surface area contributed by atoms with E-state index in [9.17, 15) is 4.39 Å². The van der Waals surface area contributed by atoms with Crippen molar-refractivity contribution in [3.63, 3.8) is 0 Å². The van der Waals surface area contributed by atoms with Crippen molar-refractivity contribution < 1.29 is 4.39 Å². The number of hydrogen-bond donors (Lipinski definition) is 0. The zero-order valence-electron chi connectivity index (χ0n) is 8.35. The molecule has 3 heteroatoms. The van der Waals surface area contributed by atoms with Gasteiger partial charge in [0, 0.05) is 10.4 Å². The van der Waals surface area contributed by atoms with E-state index in [1.54, 1.807) is 24.3 Å². The number of nitriles is 1. The fourth-order valence-corrected chi connectivity index (χ4v) is 2.02. The smallest absolute Gasteiger partial charge is 0.131 e. The number of halogens is 1. The molecule has 1 aromatic carbocycles. The summed E-state index contributed by atoms with van der Waals surface area (Å²) in [5, 5.41) is 10.9. The van der Waals surface area contributed by atoms with E-state index in [0.29, 0.717) is 11.1 Å². The number of benzene rings is 1. The van der Waals surface area contributed by atoms with Crippen LogP contribution in [-0.4, -0.2) is 0 Å². The Morgan fingerprint density at radius 2 is 2.06 bits per heavy atom. The maximum absolute atomic E-state index is 13.5. The van der Waals surface area contributed by atoms with E-state index in [2.05, 4.69) is 0 Å². The molecule has 1 nitrogen and oxygen atoms in total. The molecule has 0 saturated carbocycles. The Labute approximate surface area is 97.1 Å². The van der Waals surface area contributed by atoms with Crippen molar-refractivity contribution in [1.82, 2.24) is 0 Å². The third-order valence-corrected chi connectivity index (χ3v) is 2.93. The molecule has 0 aliphatic rings. The van der Waals surface area contributed by atoms with Crippen molar-refractivity contribution in [3.05, 3.63) is 58.0 Å². The number of hydrogen-bond acceptors (Lipinski definition) is 2. The molecular formula is C13H8FNS. The summed E-state index contributed by atoms with van der Waals surface area (Å²) in [4.78, 5) is 0.944. The van der Waals surface area contributed by atoms with Gasteiger partial charge in [-0.3, -0.25) is 0 Å². The lowest BCUT2D eigenvalue weighted by atomic mass is 10.1. The van der Waals surface area contributed by atoms with E-state index in [1.165, 1.54) is 17.4 Å². The fraction of sp³-hybridized carbons (Fsp3) is 0. The third-order valence-electron chi connectivity index (χ3n) is 2.11. The van der Waals surface area contributed by atoms with Gasteiger partial charge in [-0.2, -0.15) is 5.26 Å². The molecule has 0 amide bonds. The first-order chi connectivity index (χ1) is 7.81. The molecule has 1 aromatic heterocycles. The van der Waals surface area contributed by atoms with Gasteiger partial charge in [-0.05, 0) is 23.6 Å². The molecule has 0 spiro atoms. The highest BCUT2D eigenvalue weighted by Crippen LogP contribution is 2.22. The van der Waals surface area contributed by atoms with Gasteiger partial charge in [0.25, 0.3) is 0 Å². The van der Waals surface area contributed by atoms with Gasteiger partial charge in [0.15, 0.2) is 0 Å². The highest BCUT2D eigenvalue weighted by molar-refractivity contribution is 7.10. The summed E-state index contributed by atoms with van der Waals surface area (Å²) in [6.07, 6.45) is 1.70. The summed E-state index contributed by atoms with van der Waals surface area (Å²) < 4.78 is 13.5. The van der Waals surface area contributed by atoms with Crippen LogP contribution >= 0.6 is 11.3 Å². The Morgan fingerprint density at radius 1 is 1.25 bits per heavy atom. The first kappa shape index (κ1) is 10.6. The monoisotopic (exact) mass is 229 g/mol. The van der Waals surface area contributed by atoms with Gasteiger partial charge in [0.1, 0.15) is 5.82 Å². The van der Waals surface area contributed by atoms with Gasteiger partial charge in [0.2, 0.25) is 0 Å². The number of rotatable bonds is 2. The quantitative estimate of drug-likeness (QED) is 0.715. The molecule has 0 saturated heterocycles. The van der Waals surface area contributed by atoms with E-state index in [4.69, 9.17) is 5.26 Å². The summed E-state index contributed by atoms with van der Waals surface area (Å²) in [6.45, 7) is 0. The van der Waals surface area contributed by atoms with E-state index < -0.39 is 0 Å². The molecule has 0 fully saturated rings. The SMILES string of the molecule is N#CC(=Cc1cccs1)c1ccccc1F. The normalized spacial score (nSPS) is 11.1. The van der Waals surface area contributed by atoms with Crippen LogP contribution in [-0.2, 0) is 0 Å². The lowest BCUT2D eigenvalue weighted by molar-refractivity contribution is 0.624. The molecule has 2 aromatic rings. The Bertz CT molecular complexity index is 550. The molecule has 0 radical (unpaired) electrons. The van der Waals surface area contributed by atoms with Gasteiger partial charge in [-0.15, -0.1) is 11.3 Å². The Kier molecular flexibility index (Phi) is 3.13. The summed E-state index contributed by atoms with van der Waals surface area (Å²) >= 11 is 1.52. The molecule has 0 atom stereocenters. The second-order valence-corrected chi connectivity index (χ2v) is 4.14. The molecule has 2 rings (SSSR count). The second kappa shape index (κ2) is 4.73. The molecule has 0 aliphatic carbocycles. The van der Waals surface area contributed by atoms with Crippen molar-refractivity contribution in [2.45, 2.75) is 0 Å². The Balaban J connectivity index is 2.46. The zero-order chi connectivity index (χ0) is 11.4. The summed E-state index contributed by atoms with van der Waals surface area (Å²) in [5.41, 5.74) is 0.693. The van der Waals surface area contributed by atoms with E-state index in [1.807, 2.05) is 23.6 Å². The van der Waals surface area contributed by atoms with Crippen LogP contribution in [0.3, 0.4) is 0 Å². The first-order valence-corrected chi connectivity index (χ1v) is 5.59. The topological polar surface area (TPSA) is 23.8 Å². The highest BCUT2D eigenvalue weighted by atomic mass is 32.1. The Hall–Kier alpha value is -1.92. The van der Waals surface area contributed by atoms with Gasteiger partial charge < -0.3 is 0 Å². The predicted molar refractivity (Wildman–Crippen MR) is 64.2 cm³/mol. The van der Waals surface area contributed by atoms with Gasteiger partial charge >= 0.3 is 0 Å². The number of nitrogens with zero attached hydrogens (tertiary/aromatic N) is 1. The molecule has 0 aliphatic heterocycles. The average molecular weight is 229 g/mol. The van der Waals surface area contributed by atoms with E-state index in [0.717, 1.165) is 4.88 Å². The molecule has 16 heavy (non-hydrogen) atoms. The molecule has 0 N–H and O–H groups in total. The molecule has 0 bridgehead atoms. The number of thiophene rings is 1. The minimum absolute atomic E-state index is 0.346. The summed E-state index contributed by atoms with van der Waals surface area (Å²) in [5.74, 6) is -0.369. The van der Waals surface area contributed by atoms with Gasteiger partial charge in [-0.1, -0.05) is 24.3 Å². The minimum atomic E-state index is -0.369. The van der Waals surface area contributed by atoms with Crippen LogP contribution < -0.4 is 0 Å². The maximum Gasteiger partial charge on any atom is 0.131 e. The minimum Gasteiger partial charge on any atom is -0.206 e. The fourth-order valence-electron chi connectivity index (χ4n) is 1.37. The first-order valence-electron chi connectivity index (χ1n) is 4.71. The van der Waals surface area contributed by atoms with Crippen LogP contribution in [0.2, 0.25) is 0 Å². The lowest BCUT2D eigenvalue weighted by Crippen LogP contribution is -1.86. The van der Waals surface area contributed by atoms with Crippen molar-refractivity contribution in [1.29, 1.82) is 5.26 Å². The van der Waals surface area contributed by atoms with Crippen LogP contribution in [0, 0.1) is 17.1 Å². The second-order valence-electron chi connectivity index (χ2n) is 3.17. The third kappa shape index (κ3) is 2.18. The standard InChI is InChI=1S/C13H8FNS/c14-13-6-2-1-5-12(13)10(9-15)8-11-4-3-7-16-11/h1-8H. The number of allylic oxidation sites excluding steroid dienone is 1. The molecular weight excluding hydrogens is 221 g/mol. The van der Waals surface area contributed by atoms with Crippen LogP contribution in [0.25, 0.3) is 11.6 Å². The maximum atomic E-state index is 13.5. The largest absolute Gasteiger partial charge is 0.206 e. The predicted octanol–water partition coefficient (Wildman–Crippen LogP) is 3.95.